The van der Waals surface area contributed by atoms with E-state index in [1.165, 1.54) is 6.07 Å². The standard InChI is InChI=1S/C14H18FN3/c1-18(10-11-4-6-17-7-5-11)14-3-2-12(9-16)8-13(14)15/h2-3,8,11,17H,4-7,10H2,1H3. The molecule has 2 rings (SSSR count). The van der Waals surface area contributed by atoms with Crippen LogP contribution in [0.2, 0.25) is 0 Å². The Hall–Kier alpha value is -1.60. The zero-order valence-electron chi connectivity index (χ0n) is 10.6. The monoisotopic (exact) mass is 247 g/mol. The zero-order valence-corrected chi connectivity index (χ0v) is 10.6. The third-order valence-corrected chi connectivity index (χ3v) is 3.48. The number of rotatable bonds is 3. The highest BCUT2D eigenvalue weighted by atomic mass is 19.1. The predicted molar refractivity (Wildman–Crippen MR) is 70.0 cm³/mol. The Kier molecular flexibility index (Phi) is 4.16. The number of nitriles is 1. The highest BCUT2D eigenvalue weighted by Gasteiger charge is 2.17. The predicted octanol–water partition coefficient (Wildman–Crippen LogP) is 2.13. The molecule has 1 fully saturated rings. The van der Waals surface area contributed by atoms with Crippen LogP contribution in [0.5, 0.6) is 0 Å². The van der Waals surface area contributed by atoms with Crippen molar-refractivity contribution in [2.24, 2.45) is 5.92 Å². The Balaban J connectivity index is 2.04. The van der Waals surface area contributed by atoms with E-state index in [0.29, 0.717) is 17.2 Å². The first-order valence-corrected chi connectivity index (χ1v) is 6.32. The fourth-order valence-electron chi connectivity index (χ4n) is 2.44. The second-order valence-electron chi connectivity index (χ2n) is 4.85. The molecule has 0 aliphatic carbocycles. The molecule has 3 nitrogen and oxygen atoms in total. The van der Waals surface area contributed by atoms with Crippen LogP contribution in [-0.4, -0.2) is 26.7 Å². The van der Waals surface area contributed by atoms with Gasteiger partial charge in [-0.15, -0.1) is 0 Å². The van der Waals surface area contributed by atoms with Gasteiger partial charge in [-0.3, -0.25) is 0 Å². The average molecular weight is 247 g/mol. The molecule has 18 heavy (non-hydrogen) atoms. The zero-order chi connectivity index (χ0) is 13.0. The molecule has 1 aliphatic heterocycles. The summed E-state index contributed by atoms with van der Waals surface area (Å²) in [4.78, 5) is 1.95. The van der Waals surface area contributed by atoms with Crippen molar-refractivity contribution in [2.75, 3.05) is 31.6 Å². The van der Waals surface area contributed by atoms with E-state index < -0.39 is 0 Å². The topological polar surface area (TPSA) is 39.1 Å². The maximum absolute atomic E-state index is 13.8. The van der Waals surface area contributed by atoms with Crippen molar-refractivity contribution in [1.82, 2.24) is 5.32 Å². The lowest BCUT2D eigenvalue weighted by molar-refractivity contribution is 0.377. The molecule has 1 aromatic carbocycles. The number of piperidine rings is 1. The lowest BCUT2D eigenvalue weighted by atomic mass is 9.97. The van der Waals surface area contributed by atoms with E-state index in [-0.39, 0.29) is 5.82 Å². The maximum Gasteiger partial charge on any atom is 0.147 e. The minimum Gasteiger partial charge on any atom is -0.372 e. The van der Waals surface area contributed by atoms with Gasteiger partial charge in [0.2, 0.25) is 0 Å². The number of halogens is 1. The smallest absolute Gasteiger partial charge is 0.147 e. The van der Waals surface area contributed by atoms with Crippen molar-refractivity contribution in [3.05, 3.63) is 29.6 Å². The second kappa shape index (κ2) is 5.83. The molecule has 96 valence electrons. The molecule has 0 amide bonds. The van der Waals surface area contributed by atoms with Crippen LogP contribution < -0.4 is 10.2 Å². The first-order valence-electron chi connectivity index (χ1n) is 6.32. The van der Waals surface area contributed by atoms with Crippen LogP contribution in [0.1, 0.15) is 18.4 Å². The van der Waals surface area contributed by atoms with Crippen molar-refractivity contribution in [3.63, 3.8) is 0 Å². The number of nitrogens with one attached hydrogen (secondary N) is 1. The number of hydrogen-bond acceptors (Lipinski definition) is 3. The van der Waals surface area contributed by atoms with E-state index >= 15 is 0 Å². The van der Waals surface area contributed by atoms with Crippen molar-refractivity contribution >= 4 is 5.69 Å². The van der Waals surface area contributed by atoms with Crippen LogP contribution in [0.15, 0.2) is 18.2 Å². The van der Waals surface area contributed by atoms with Crippen LogP contribution in [0.25, 0.3) is 0 Å². The van der Waals surface area contributed by atoms with Crippen LogP contribution in [0.3, 0.4) is 0 Å². The van der Waals surface area contributed by atoms with Gasteiger partial charge >= 0.3 is 0 Å². The first-order chi connectivity index (χ1) is 8.70. The van der Waals surface area contributed by atoms with E-state index in [0.717, 1.165) is 32.5 Å². The minimum absolute atomic E-state index is 0.314. The lowest BCUT2D eigenvalue weighted by Crippen LogP contribution is -2.34. The maximum atomic E-state index is 13.8. The van der Waals surface area contributed by atoms with Gasteiger partial charge in [0.05, 0.1) is 17.3 Å². The molecule has 1 heterocycles. The summed E-state index contributed by atoms with van der Waals surface area (Å²) < 4.78 is 13.8. The molecule has 1 saturated heterocycles. The summed E-state index contributed by atoms with van der Waals surface area (Å²) in [5.74, 6) is 0.303. The molecule has 0 radical (unpaired) electrons. The molecule has 0 unspecified atom stereocenters. The molecular formula is C14H18FN3. The van der Waals surface area contributed by atoms with Crippen LogP contribution in [-0.2, 0) is 0 Å². The normalized spacial score (nSPS) is 16.3. The number of nitrogens with zero attached hydrogens (tertiary/aromatic N) is 2. The molecule has 0 bridgehead atoms. The third kappa shape index (κ3) is 2.99. The summed E-state index contributed by atoms with van der Waals surface area (Å²) in [7, 11) is 1.91. The van der Waals surface area contributed by atoms with Gasteiger partial charge in [-0.1, -0.05) is 0 Å². The SMILES string of the molecule is CN(CC1CCNCC1)c1ccc(C#N)cc1F. The fraction of sp³-hybridized carbons (Fsp3) is 0.500. The summed E-state index contributed by atoms with van der Waals surface area (Å²) in [5, 5.41) is 12.0. The van der Waals surface area contributed by atoms with Gasteiger partial charge in [-0.2, -0.15) is 5.26 Å². The van der Waals surface area contributed by atoms with Crippen LogP contribution >= 0.6 is 0 Å². The van der Waals surface area contributed by atoms with Crippen molar-refractivity contribution in [2.45, 2.75) is 12.8 Å². The van der Waals surface area contributed by atoms with Crippen LogP contribution in [0, 0.1) is 23.1 Å². The highest BCUT2D eigenvalue weighted by Crippen LogP contribution is 2.22. The molecule has 0 atom stereocenters. The van der Waals surface area contributed by atoms with Gasteiger partial charge < -0.3 is 10.2 Å². The van der Waals surface area contributed by atoms with Crippen molar-refractivity contribution in [1.29, 1.82) is 5.26 Å². The Morgan fingerprint density at radius 3 is 2.78 bits per heavy atom. The fourth-order valence-corrected chi connectivity index (χ4v) is 2.44. The van der Waals surface area contributed by atoms with Crippen molar-refractivity contribution < 1.29 is 4.39 Å². The molecule has 1 aromatic rings. The Morgan fingerprint density at radius 1 is 1.44 bits per heavy atom. The molecule has 1 N–H and O–H groups in total. The van der Waals surface area contributed by atoms with Gasteiger partial charge in [0, 0.05) is 13.6 Å². The first kappa shape index (κ1) is 12.8. The molecule has 0 saturated carbocycles. The number of benzene rings is 1. The van der Waals surface area contributed by atoms with Crippen molar-refractivity contribution in [3.8, 4) is 6.07 Å². The van der Waals surface area contributed by atoms with E-state index in [2.05, 4.69) is 5.32 Å². The summed E-state index contributed by atoms with van der Waals surface area (Å²) in [6.45, 7) is 2.97. The van der Waals surface area contributed by atoms with Gasteiger partial charge in [-0.25, -0.2) is 4.39 Å². The third-order valence-electron chi connectivity index (χ3n) is 3.48. The largest absolute Gasteiger partial charge is 0.372 e. The summed E-state index contributed by atoms with van der Waals surface area (Å²) in [5.41, 5.74) is 0.944. The van der Waals surface area contributed by atoms with Crippen LogP contribution in [0.4, 0.5) is 10.1 Å². The quantitative estimate of drug-likeness (QED) is 0.889. The van der Waals surface area contributed by atoms with Gasteiger partial charge in [-0.05, 0) is 50.0 Å². The van der Waals surface area contributed by atoms with E-state index in [9.17, 15) is 4.39 Å². The summed E-state index contributed by atoms with van der Waals surface area (Å²) in [6.07, 6.45) is 2.28. The molecular weight excluding hydrogens is 229 g/mol. The number of hydrogen-bond donors (Lipinski definition) is 1. The van der Waals surface area contributed by atoms with Gasteiger partial charge in [0.25, 0.3) is 0 Å². The molecule has 4 heteroatoms. The van der Waals surface area contributed by atoms with Gasteiger partial charge in [0.15, 0.2) is 0 Å². The molecule has 0 aromatic heterocycles. The average Bonchev–Trinajstić information content (AvgIpc) is 2.39. The molecule has 0 spiro atoms. The minimum atomic E-state index is -0.314. The highest BCUT2D eigenvalue weighted by molar-refractivity contribution is 5.50. The Labute approximate surface area is 107 Å². The Bertz CT molecular complexity index is 447. The number of anilines is 1. The van der Waals surface area contributed by atoms with Gasteiger partial charge in [0.1, 0.15) is 5.82 Å². The van der Waals surface area contributed by atoms with E-state index in [4.69, 9.17) is 5.26 Å². The summed E-state index contributed by atoms with van der Waals surface area (Å²) >= 11 is 0. The Morgan fingerprint density at radius 2 is 2.17 bits per heavy atom. The molecule has 1 aliphatic rings. The lowest BCUT2D eigenvalue weighted by Gasteiger charge is -2.29. The summed E-state index contributed by atoms with van der Waals surface area (Å²) in [6, 6.07) is 6.60. The van der Waals surface area contributed by atoms with E-state index in [1.54, 1.807) is 12.1 Å². The second-order valence-corrected chi connectivity index (χ2v) is 4.85. The van der Waals surface area contributed by atoms with E-state index in [1.807, 2.05) is 18.0 Å².